The summed E-state index contributed by atoms with van der Waals surface area (Å²) in [6.07, 6.45) is 3.79. The van der Waals surface area contributed by atoms with Crippen molar-refractivity contribution in [3.8, 4) is 5.75 Å². The van der Waals surface area contributed by atoms with Gasteiger partial charge in [0.1, 0.15) is 11.8 Å². The minimum Gasteiger partial charge on any atom is -0.497 e. The number of nitrogens with one attached hydrogen (secondary N) is 1. The number of non-ortho nitro benzene ring substituents is 1. The number of amides is 3. The van der Waals surface area contributed by atoms with Crippen LogP contribution in [0.1, 0.15) is 5.56 Å². The predicted octanol–water partition coefficient (Wildman–Crippen LogP) is 3.63. The molecule has 6 rings (SSSR count). The van der Waals surface area contributed by atoms with Crippen LogP contribution in [-0.4, -0.2) is 41.8 Å². The van der Waals surface area contributed by atoms with Crippen LogP contribution >= 0.6 is 0 Å². The number of hydrogen-bond acceptors (Lipinski definition) is 7. The third kappa shape index (κ3) is 3.52. The average Bonchev–Trinajstić information content (AvgIpc) is 3.41. The Morgan fingerprint density at radius 2 is 1.63 bits per heavy atom. The van der Waals surface area contributed by atoms with Crippen molar-refractivity contribution in [2.75, 3.05) is 22.2 Å². The van der Waals surface area contributed by atoms with Crippen molar-refractivity contribution >= 4 is 46.5 Å². The van der Waals surface area contributed by atoms with E-state index in [1.54, 1.807) is 24.3 Å². The van der Waals surface area contributed by atoms with Crippen molar-refractivity contribution < 1.29 is 24.0 Å². The summed E-state index contributed by atoms with van der Waals surface area (Å²) in [5.41, 5.74) is 2.30. The molecule has 0 aliphatic carbocycles. The number of benzene rings is 3. The van der Waals surface area contributed by atoms with Gasteiger partial charge in [0.15, 0.2) is 0 Å². The van der Waals surface area contributed by atoms with Gasteiger partial charge >= 0.3 is 0 Å². The fourth-order valence-corrected chi connectivity index (χ4v) is 5.68. The maximum atomic E-state index is 13.9. The number of fused-ring (bicyclic) bond motifs is 5. The molecule has 4 atom stereocenters. The number of rotatable bonds is 5. The Hall–Kier alpha value is -4.99. The van der Waals surface area contributed by atoms with Gasteiger partial charge in [0.2, 0.25) is 17.7 Å². The molecular weight excluding hydrogens is 488 g/mol. The van der Waals surface area contributed by atoms with Gasteiger partial charge in [-0.1, -0.05) is 30.4 Å². The number of nitro benzene ring substituents is 1. The molecule has 0 bridgehead atoms. The van der Waals surface area contributed by atoms with E-state index in [0.717, 1.165) is 16.2 Å². The van der Waals surface area contributed by atoms with Crippen LogP contribution in [0.2, 0.25) is 0 Å². The van der Waals surface area contributed by atoms with Gasteiger partial charge in [0.25, 0.3) is 5.69 Å². The van der Waals surface area contributed by atoms with Gasteiger partial charge in [-0.25, -0.2) is 4.90 Å². The monoisotopic (exact) mass is 510 g/mol. The van der Waals surface area contributed by atoms with E-state index in [-0.39, 0.29) is 11.6 Å². The summed E-state index contributed by atoms with van der Waals surface area (Å²) in [4.78, 5) is 54.9. The molecule has 3 aromatic rings. The van der Waals surface area contributed by atoms with Crippen LogP contribution in [-0.2, 0) is 14.4 Å². The number of imide groups is 1. The third-order valence-electron chi connectivity index (χ3n) is 7.36. The Kier molecular flexibility index (Phi) is 5.45. The fourth-order valence-electron chi connectivity index (χ4n) is 5.68. The smallest absolute Gasteiger partial charge is 0.269 e. The van der Waals surface area contributed by atoms with Crippen molar-refractivity contribution in [3.63, 3.8) is 0 Å². The van der Waals surface area contributed by atoms with Crippen LogP contribution in [0.25, 0.3) is 6.08 Å². The number of ether oxygens (including phenoxy) is 1. The Bertz CT molecular complexity index is 1500. The molecule has 2 saturated heterocycles. The van der Waals surface area contributed by atoms with Gasteiger partial charge in [-0.05, 0) is 48.0 Å². The Balaban J connectivity index is 1.39. The second kappa shape index (κ2) is 8.84. The van der Waals surface area contributed by atoms with Gasteiger partial charge in [-0.15, -0.1) is 0 Å². The highest BCUT2D eigenvalue weighted by atomic mass is 16.6. The molecule has 10 heteroatoms. The zero-order valence-electron chi connectivity index (χ0n) is 20.2. The molecule has 38 heavy (non-hydrogen) atoms. The first kappa shape index (κ1) is 23.4. The van der Waals surface area contributed by atoms with Gasteiger partial charge in [-0.3, -0.25) is 24.5 Å². The SMILES string of the molecule is COc1ccc(N2C(=O)[C@@H]3[C@H](C2=O)[C@H](C(=O)Nc2ccc([N+](=O)[O-])cc2)N2c4ccccc4C=C[C@H]32)cc1. The van der Waals surface area contributed by atoms with E-state index in [0.29, 0.717) is 17.1 Å². The molecule has 190 valence electrons. The van der Waals surface area contributed by atoms with Crippen molar-refractivity contribution in [3.05, 3.63) is 94.6 Å². The number of anilines is 3. The van der Waals surface area contributed by atoms with E-state index in [4.69, 9.17) is 4.74 Å². The molecule has 0 unspecified atom stereocenters. The van der Waals surface area contributed by atoms with Crippen molar-refractivity contribution in [2.24, 2.45) is 11.8 Å². The molecule has 3 aliphatic rings. The molecule has 3 aromatic carbocycles. The summed E-state index contributed by atoms with van der Waals surface area (Å²) in [5.74, 6) is -2.39. The summed E-state index contributed by atoms with van der Waals surface area (Å²) >= 11 is 0. The lowest BCUT2D eigenvalue weighted by Gasteiger charge is -2.36. The first-order chi connectivity index (χ1) is 18.4. The van der Waals surface area contributed by atoms with Gasteiger partial charge in [0.05, 0.1) is 35.6 Å². The summed E-state index contributed by atoms with van der Waals surface area (Å²) < 4.78 is 5.20. The molecule has 2 fully saturated rings. The highest BCUT2D eigenvalue weighted by Gasteiger charge is 2.64. The first-order valence-electron chi connectivity index (χ1n) is 12.0. The van der Waals surface area contributed by atoms with Crippen LogP contribution in [0.4, 0.5) is 22.7 Å². The van der Waals surface area contributed by atoms with Crippen LogP contribution in [0.3, 0.4) is 0 Å². The first-order valence-corrected chi connectivity index (χ1v) is 12.0. The van der Waals surface area contributed by atoms with Crippen molar-refractivity contribution in [1.82, 2.24) is 0 Å². The number of carbonyl (C=O) groups is 3. The highest BCUT2D eigenvalue weighted by molar-refractivity contribution is 6.25. The molecular formula is C28H22N4O6. The van der Waals surface area contributed by atoms with Crippen molar-refractivity contribution in [2.45, 2.75) is 12.1 Å². The quantitative estimate of drug-likeness (QED) is 0.316. The van der Waals surface area contributed by atoms with E-state index in [1.807, 2.05) is 41.3 Å². The standard InChI is InChI=1S/C28H22N4O6/c1-38-20-13-11-18(12-14-20)30-27(34)23-22-15-6-16-4-2-3-5-21(16)31(22)25(24(23)28(30)35)26(33)29-17-7-9-19(10-8-17)32(36)37/h2-15,22-25H,1H3,(H,29,33)/t22-,23+,24+,25-/m1/s1. The fraction of sp³-hybridized carbons (Fsp3) is 0.179. The summed E-state index contributed by atoms with van der Waals surface area (Å²) in [7, 11) is 1.53. The maximum Gasteiger partial charge on any atom is 0.269 e. The van der Waals surface area contributed by atoms with Crippen LogP contribution < -0.4 is 19.9 Å². The van der Waals surface area contributed by atoms with Crippen LogP contribution in [0.15, 0.2) is 78.9 Å². The topological polar surface area (TPSA) is 122 Å². The lowest BCUT2D eigenvalue weighted by molar-refractivity contribution is -0.384. The lowest BCUT2D eigenvalue weighted by atomic mass is 9.88. The summed E-state index contributed by atoms with van der Waals surface area (Å²) in [6, 6.07) is 18.1. The number of nitro groups is 1. The minimum absolute atomic E-state index is 0.106. The number of methoxy groups -OCH3 is 1. The number of para-hydroxylation sites is 1. The van der Waals surface area contributed by atoms with E-state index in [1.165, 1.54) is 31.4 Å². The third-order valence-corrected chi connectivity index (χ3v) is 7.36. The van der Waals surface area contributed by atoms with Crippen LogP contribution in [0, 0.1) is 22.0 Å². The highest BCUT2D eigenvalue weighted by Crippen LogP contribution is 2.49. The maximum absolute atomic E-state index is 13.9. The number of carbonyl (C=O) groups excluding carboxylic acids is 3. The van der Waals surface area contributed by atoms with Gasteiger partial charge in [-0.2, -0.15) is 0 Å². The normalized spacial score (nSPS) is 23.1. The molecule has 3 heterocycles. The predicted molar refractivity (Wildman–Crippen MR) is 140 cm³/mol. The zero-order chi connectivity index (χ0) is 26.6. The summed E-state index contributed by atoms with van der Waals surface area (Å²) in [6.45, 7) is 0. The van der Waals surface area contributed by atoms with Gasteiger partial charge < -0.3 is 15.0 Å². The van der Waals surface area contributed by atoms with Crippen LogP contribution in [0.5, 0.6) is 5.75 Å². The molecule has 0 saturated carbocycles. The van der Waals surface area contributed by atoms with E-state index >= 15 is 0 Å². The molecule has 0 aromatic heterocycles. The van der Waals surface area contributed by atoms with E-state index in [2.05, 4.69) is 5.32 Å². The zero-order valence-corrected chi connectivity index (χ0v) is 20.2. The van der Waals surface area contributed by atoms with E-state index < -0.39 is 40.7 Å². The Labute approximate surface area is 217 Å². The minimum atomic E-state index is -0.981. The van der Waals surface area contributed by atoms with E-state index in [9.17, 15) is 24.5 Å². The van der Waals surface area contributed by atoms with Crippen molar-refractivity contribution in [1.29, 1.82) is 0 Å². The average molecular weight is 511 g/mol. The Morgan fingerprint density at radius 1 is 0.947 bits per heavy atom. The Morgan fingerprint density at radius 3 is 2.32 bits per heavy atom. The molecule has 3 amide bonds. The molecule has 10 nitrogen and oxygen atoms in total. The number of hydrogen-bond donors (Lipinski definition) is 1. The second-order valence-corrected chi connectivity index (χ2v) is 9.32. The molecule has 0 spiro atoms. The molecule has 1 N–H and O–H groups in total. The molecule has 3 aliphatic heterocycles. The summed E-state index contributed by atoms with van der Waals surface area (Å²) in [5, 5.41) is 13.8. The second-order valence-electron chi connectivity index (χ2n) is 9.32. The lowest BCUT2D eigenvalue weighted by Crippen LogP contribution is -2.50. The number of nitrogens with zero attached hydrogens (tertiary/aromatic N) is 3. The van der Waals surface area contributed by atoms with Gasteiger partial charge in [0, 0.05) is 23.5 Å². The molecule has 0 radical (unpaired) electrons. The largest absolute Gasteiger partial charge is 0.497 e.